The Hall–Kier alpha value is -2.36. The summed E-state index contributed by atoms with van der Waals surface area (Å²) in [7, 11) is 3.20. The Morgan fingerprint density at radius 3 is 2.41 bits per heavy atom. The first-order valence-electron chi connectivity index (χ1n) is 13.4. The van der Waals surface area contributed by atoms with Crippen LogP contribution in [0.3, 0.4) is 0 Å². The molecule has 0 aliphatic rings. The molecular weight excluding hydrogens is 474 g/mol. The van der Waals surface area contributed by atoms with Crippen LogP contribution >= 0.6 is 0 Å². The molecule has 0 spiro atoms. The van der Waals surface area contributed by atoms with Gasteiger partial charge in [-0.3, -0.25) is 9.59 Å². The fourth-order valence-electron chi connectivity index (χ4n) is 3.95. The highest BCUT2D eigenvalue weighted by Gasteiger charge is 2.26. The van der Waals surface area contributed by atoms with Crippen molar-refractivity contribution >= 4 is 11.8 Å². The van der Waals surface area contributed by atoms with E-state index in [1.807, 2.05) is 0 Å². The van der Waals surface area contributed by atoms with Gasteiger partial charge in [-0.15, -0.1) is 0 Å². The molecule has 0 bridgehead atoms. The number of hydrogen-bond donors (Lipinski definition) is 4. The van der Waals surface area contributed by atoms with Crippen molar-refractivity contribution in [2.24, 2.45) is 23.5 Å². The van der Waals surface area contributed by atoms with Crippen LogP contribution < -0.4 is 25.8 Å². The average Bonchev–Trinajstić information content (AvgIpc) is 2.88. The van der Waals surface area contributed by atoms with E-state index in [4.69, 9.17) is 19.9 Å². The van der Waals surface area contributed by atoms with Gasteiger partial charge in [0.1, 0.15) is 11.5 Å². The second kappa shape index (κ2) is 18.0. The number of nitrogens with one attached hydrogen (secondary N) is 2. The molecule has 1 aromatic rings. The molecule has 1 aromatic carbocycles. The van der Waals surface area contributed by atoms with Crippen LogP contribution in [0.4, 0.5) is 0 Å². The normalized spacial score (nSPS) is 14.5. The van der Waals surface area contributed by atoms with Gasteiger partial charge in [0.05, 0.1) is 25.4 Å². The largest absolute Gasteiger partial charge is 0.497 e. The van der Waals surface area contributed by atoms with E-state index in [2.05, 4.69) is 31.4 Å². The molecule has 0 radical (unpaired) electrons. The molecule has 0 heterocycles. The number of aliphatic hydroxyl groups excluding tert-OH is 1. The SMILES string of the molecule is CCCCNC(=O)C(C)CC(O)C(N)CC(CNC(=O)c1ccc(OC)cc1OCCCOC)C(C)C. The summed E-state index contributed by atoms with van der Waals surface area (Å²) in [6.45, 7) is 10.0. The average molecular weight is 524 g/mol. The number of carbonyl (C=O) groups excluding carboxylic acids is 2. The van der Waals surface area contributed by atoms with Gasteiger partial charge in [-0.25, -0.2) is 0 Å². The van der Waals surface area contributed by atoms with Crippen molar-refractivity contribution in [3.8, 4) is 11.5 Å². The number of methoxy groups -OCH3 is 2. The Labute approximate surface area is 222 Å². The second-order valence-electron chi connectivity index (χ2n) is 10.0. The van der Waals surface area contributed by atoms with Gasteiger partial charge in [-0.05, 0) is 43.2 Å². The van der Waals surface area contributed by atoms with Crippen LogP contribution in [0.2, 0.25) is 0 Å². The summed E-state index contributed by atoms with van der Waals surface area (Å²) in [6.07, 6.45) is 2.65. The van der Waals surface area contributed by atoms with Crippen molar-refractivity contribution in [2.75, 3.05) is 40.5 Å². The van der Waals surface area contributed by atoms with E-state index in [0.29, 0.717) is 62.6 Å². The van der Waals surface area contributed by atoms with Crippen LogP contribution in [0.15, 0.2) is 18.2 Å². The highest BCUT2D eigenvalue weighted by Crippen LogP contribution is 2.26. The molecule has 0 aliphatic carbocycles. The second-order valence-corrected chi connectivity index (χ2v) is 10.0. The Bertz CT molecular complexity index is 804. The number of rotatable bonds is 19. The first-order valence-corrected chi connectivity index (χ1v) is 13.4. The van der Waals surface area contributed by atoms with Crippen LogP contribution in [0.5, 0.6) is 11.5 Å². The summed E-state index contributed by atoms with van der Waals surface area (Å²) < 4.78 is 16.2. The zero-order valence-corrected chi connectivity index (χ0v) is 23.5. The topological polar surface area (TPSA) is 132 Å². The fraction of sp³-hybridized carbons (Fsp3) is 0.714. The number of hydrogen-bond acceptors (Lipinski definition) is 7. The van der Waals surface area contributed by atoms with Crippen molar-refractivity contribution in [2.45, 2.75) is 71.9 Å². The van der Waals surface area contributed by atoms with Crippen molar-refractivity contribution in [1.82, 2.24) is 10.6 Å². The lowest BCUT2D eigenvalue weighted by Gasteiger charge is -2.28. The Morgan fingerprint density at radius 2 is 1.78 bits per heavy atom. The smallest absolute Gasteiger partial charge is 0.255 e. The molecule has 4 atom stereocenters. The van der Waals surface area contributed by atoms with E-state index >= 15 is 0 Å². The van der Waals surface area contributed by atoms with Crippen molar-refractivity contribution in [1.29, 1.82) is 0 Å². The Morgan fingerprint density at radius 1 is 1.05 bits per heavy atom. The summed E-state index contributed by atoms with van der Waals surface area (Å²) in [5.41, 5.74) is 6.76. The Balaban J connectivity index is 2.72. The molecule has 0 saturated heterocycles. The zero-order valence-electron chi connectivity index (χ0n) is 23.5. The summed E-state index contributed by atoms with van der Waals surface area (Å²) in [4.78, 5) is 25.3. The number of aliphatic hydroxyl groups is 1. The quantitative estimate of drug-likeness (QED) is 0.205. The molecule has 0 saturated carbocycles. The predicted molar refractivity (Wildman–Crippen MR) is 146 cm³/mol. The van der Waals surface area contributed by atoms with E-state index in [1.165, 1.54) is 0 Å². The molecule has 1 rings (SSSR count). The Kier molecular flexibility index (Phi) is 15.9. The van der Waals surface area contributed by atoms with Gasteiger partial charge < -0.3 is 35.7 Å². The van der Waals surface area contributed by atoms with E-state index in [-0.39, 0.29) is 29.6 Å². The molecule has 9 heteroatoms. The lowest BCUT2D eigenvalue weighted by atomic mass is 9.86. The monoisotopic (exact) mass is 523 g/mol. The minimum Gasteiger partial charge on any atom is -0.497 e. The highest BCUT2D eigenvalue weighted by atomic mass is 16.5. The van der Waals surface area contributed by atoms with Gasteiger partial charge >= 0.3 is 0 Å². The molecule has 5 N–H and O–H groups in total. The van der Waals surface area contributed by atoms with Gasteiger partial charge in [0.2, 0.25) is 5.91 Å². The molecule has 2 amide bonds. The first kappa shape index (κ1) is 32.7. The van der Waals surface area contributed by atoms with E-state index < -0.39 is 12.1 Å². The number of ether oxygens (including phenoxy) is 3. The van der Waals surface area contributed by atoms with Gasteiger partial charge in [-0.2, -0.15) is 0 Å². The molecule has 212 valence electrons. The third-order valence-electron chi connectivity index (χ3n) is 6.59. The van der Waals surface area contributed by atoms with Crippen LogP contribution in [-0.4, -0.2) is 69.6 Å². The molecular formula is C28H49N3O6. The summed E-state index contributed by atoms with van der Waals surface area (Å²) in [6, 6.07) is 4.61. The third kappa shape index (κ3) is 12.2. The maximum Gasteiger partial charge on any atom is 0.255 e. The van der Waals surface area contributed by atoms with Crippen molar-refractivity contribution < 1.29 is 28.9 Å². The van der Waals surface area contributed by atoms with Crippen LogP contribution in [0, 0.1) is 17.8 Å². The highest BCUT2D eigenvalue weighted by molar-refractivity contribution is 5.97. The van der Waals surface area contributed by atoms with Crippen LogP contribution in [0.25, 0.3) is 0 Å². The van der Waals surface area contributed by atoms with Gasteiger partial charge in [0.25, 0.3) is 5.91 Å². The number of amides is 2. The maximum atomic E-state index is 13.0. The molecule has 4 unspecified atom stereocenters. The molecule has 9 nitrogen and oxygen atoms in total. The fourth-order valence-corrected chi connectivity index (χ4v) is 3.95. The van der Waals surface area contributed by atoms with E-state index in [9.17, 15) is 14.7 Å². The van der Waals surface area contributed by atoms with Crippen LogP contribution in [-0.2, 0) is 9.53 Å². The van der Waals surface area contributed by atoms with E-state index in [1.54, 1.807) is 39.3 Å². The minimum absolute atomic E-state index is 0.0478. The molecule has 37 heavy (non-hydrogen) atoms. The summed E-state index contributed by atoms with van der Waals surface area (Å²) >= 11 is 0. The van der Waals surface area contributed by atoms with Crippen molar-refractivity contribution in [3.63, 3.8) is 0 Å². The lowest BCUT2D eigenvalue weighted by molar-refractivity contribution is -0.125. The number of benzene rings is 1. The number of carbonyl (C=O) groups is 2. The van der Waals surface area contributed by atoms with E-state index in [0.717, 1.165) is 12.8 Å². The van der Waals surface area contributed by atoms with Crippen molar-refractivity contribution in [3.05, 3.63) is 23.8 Å². The number of nitrogens with two attached hydrogens (primary N) is 1. The summed E-state index contributed by atoms with van der Waals surface area (Å²) in [5, 5.41) is 16.6. The standard InChI is InChI=1S/C28H49N3O6/c1-7-8-12-30-27(33)20(4)15-25(32)24(29)16-21(19(2)3)18-31-28(34)23-11-10-22(36-6)17-26(23)37-14-9-13-35-5/h10-11,17,19-21,24-25,32H,7-9,12-16,18,29H2,1-6H3,(H,30,33)(H,31,34). The lowest BCUT2D eigenvalue weighted by Crippen LogP contribution is -2.42. The van der Waals surface area contributed by atoms with Crippen LogP contribution in [0.1, 0.15) is 70.2 Å². The molecule has 0 fully saturated rings. The minimum atomic E-state index is -0.808. The molecule has 0 aromatic heterocycles. The number of unbranched alkanes of at least 4 members (excludes halogenated alkanes) is 1. The van der Waals surface area contributed by atoms with Gasteiger partial charge in [0, 0.05) is 51.3 Å². The maximum absolute atomic E-state index is 13.0. The third-order valence-corrected chi connectivity index (χ3v) is 6.59. The van der Waals surface area contributed by atoms with Gasteiger partial charge in [-0.1, -0.05) is 34.1 Å². The summed E-state index contributed by atoms with van der Waals surface area (Å²) in [5.74, 6) is 0.695. The predicted octanol–water partition coefficient (Wildman–Crippen LogP) is 3.13. The first-order chi connectivity index (χ1) is 17.6. The van der Waals surface area contributed by atoms with Gasteiger partial charge in [0.15, 0.2) is 0 Å². The zero-order chi connectivity index (χ0) is 27.8. The molecule has 0 aliphatic heterocycles.